The van der Waals surface area contributed by atoms with E-state index in [2.05, 4.69) is 8.75 Å². The fourth-order valence-electron chi connectivity index (χ4n) is 2.16. The van der Waals surface area contributed by atoms with Gasteiger partial charge in [0.05, 0.1) is 29.8 Å². The molecule has 3 aromatic heterocycles. The van der Waals surface area contributed by atoms with E-state index < -0.39 is 0 Å². The highest BCUT2D eigenvalue weighted by molar-refractivity contribution is 7.00. The molecule has 0 saturated heterocycles. The van der Waals surface area contributed by atoms with Crippen LogP contribution in [-0.4, -0.2) is 8.75 Å². The zero-order valence-corrected chi connectivity index (χ0v) is 10.6. The molecule has 4 aromatic rings. The molecule has 0 aliphatic rings. The van der Waals surface area contributed by atoms with Crippen LogP contribution in [0.2, 0.25) is 0 Å². The average Bonchev–Trinajstić information content (AvgIpc) is 3.18. The number of furan rings is 2. The third kappa shape index (κ3) is 1.59. The molecular weight excluding hydrogens is 260 g/mol. The van der Waals surface area contributed by atoms with E-state index in [0.29, 0.717) is 0 Å². The van der Waals surface area contributed by atoms with Gasteiger partial charge in [-0.15, -0.1) is 0 Å². The Hall–Kier alpha value is -2.40. The van der Waals surface area contributed by atoms with Crippen molar-refractivity contribution in [3.05, 3.63) is 48.9 Å². The predicted molar refractivity (Wildman–Crippen MR) is 72.8 cm³/mol. The number of benzene rings is 1. The van der Waals surface area contributed by atoms with Crippen LogP contribution in [0.25, 0.3) is 33.7 Å². The van der Waals surface area contributed by atoms with Crippen molar-refractivity contribution in [2.45, 2.75) is 0 Å². The topological polar surface area (TPSA) is 52.1 Å². The van der Waals surface area contributed by atoms with Gasteiger partial charge in [0.1, 0.15) is 22.6 Å². The Morgan fingerprint density at radius 3 is 2.37 bits per heavy atom. The van der Waals surface area contributed by atoms with Crippen LogP contribution in [0.4, 0.5) is 0 Å². The summed E-state index contributed by atoms with van der Waals surface area (Å²) in [5.41, 5.74) is 3.59. The second-order valence-electron chi connectivity index (χ2n) is 4.07. The summed E-state index contributed by atoms with van der Waals surface area (Å²) < 4.78 is 19.7. The maximum atomic E-state index is 5.53. The van der Waals surface area contributed by atoms with Crippen molar-refractivity contribution in [1.29, 1.82) is 0 Å². The molecule has 0 spiro atoms. The Labute approximate surface area is 112 Å². The summed E-state index contributed by atoms with van der Waals surface area (Å²) in [4.78, 5) is 0. The lowest BCUT2D eigenvalue weighted by molar-refractivity contribution is 0.576. The minimum Gasteiger partial charge on any atom is -0.464 e. The lowest BCUT2D eigenvalue weighted by Crippen LogP contribution is -1.84. The average molecular weight is 268 g/mol. The summed E-state index contributed by atoms with van der Waals surface area (Å²) in [5.74, 6) is 1.56. The fourth-order valence-corrected chi connectivity index (χ4v) is 2.70. The van der Waals surface area contributed by atoms with Crippen LogP contribution in [0.5, 0.6) is 0 Å². The van der Waals surface area contributed by atoms with E-state index in [1.165, 1.54) is 11.7 Å². The van der Waals surface area contributed by atoms with Crippen molar-refractivity contribution >= 4 is 22.8 Å². The Kier molecular flexibility index (Phi) is 2.25. The van der Waals surface area contributed by atoms with Gasteiger partial charge in [0, 0.05) is 5.56 Å². The number of nitrogens with zero attached hydrogens (tertiary/aromatic N) is 2. The lowest BCUT2D eigenvalue weighted by atomic mass is 10.0. The molecule has 0 unspecified atom stereocenters. The number of hydrogen-bond acceptors (Lipinski definition) is 5. The molecular formula is C14H8N2O2S. The first kappa shape index (κ1) is 10.5. The van der Waals surface area contributed by atoms with Crippen molar-refractivity contribution in [2.24, 2.45) is 0 Å². The zero-order chi connectivity index (χ0) is 12.7. The van der Waals surface area contributed by atoms with Crippen LogP contribution in [0, 0.1) is 0 Å². The van der Waals surface area contributed by atoms with E-state index in [-0.39, 0.29) is 0 Å². The van der Waals surface area contributed by atoms with Crippen LogP contribution in [0.3, 0.4) is 0 Å². The van der Waals surface area contributed by atoms with E-state index in [0.717, 1.165) is 33.7 Å². The zero-order valence-electron chi connectivity index (χ0n) is 9.74. The fraction of sp³-hybridized carbons (Fsp3) is 0. The number of rotatable bonds is 2. The van der Waals surface area contributed by atoms with Gasteiger partial charge in [-0.3, -0.25) is 0 Å². The first-order valence-electron chi connectivity index (χ1n) is 5.76. The monoisotopic (exact) mass is 268 g/mol. The molecule has 0 fully saturated rings. The standard InChI is InChI=1S/C14H8N2O2S/c1-3-11(17-7-1)9-5-6-10-14(16-19-15-10)13(9)12-4-2-8-18-12/h1-8H. The molecule has 0 radical (unpaired) electrons. The highest BCUT2D eigenvalue weighted by Crippen LogP contribution is 2.37. The van der Waals surface area contributed by atoms with Gasteiger partial charge in [-0.25, -0.2) is 0 Å². The molecule has 0 aliphatic carbocycles. The molecule has 3 heterocycles. The van der Waals surface area contributed by atoms with Gasteiger partial charge in [-0.05, 0) is 36.4 Å². The first-order valence-corrected chi connectivity index (χ1v) is 6.49. The van der Waals surface area contributed by atoms with E-state index >= 15 is 0 Å². The maximum Gasteiger partial charge on any atom is 0.136 e. The number of hydrogen-bond donors (Lipinski definition) is 0. The Morgan fingerprint density at radius 1 is 0.842 bits per heavy atom. The molecule has 0 bridgehead atoms. The molecule has 5 heteroatoms. The molecule has 1 aromatic carbocycles. The Morgan fingerprint density at radius 2 is 1.63 bits per heavy atom. The molecule has 0 amide bonds. The second kappa shape index (κ2) is 4.07. The molecule has 0 atom stereocenters. The summed E-state index contributed by atoms with van der Waals surface area (Å²) in [6.07, 6.45) is 3.31. The van der Waals surface area contributed by atoms with Crippen LogP contribution in [0.1, 0.15) is 0 Å². The number of fused-ring (bicyclic) bond motifs is 1. The van der Waals surface area contributed by atoms with E-state index in [1.54, 1.807) is 12.5 Å². The van der Waals surface area contributed by atoms with E-state index in [9.17, 15) is 0 Å². The third-order valence-electron chi connectivity index (χ3n) is 2.98. The van der Waals surface area contributed by atoms with Gasteiger partial charge in [0.2, 0.25) is 0 Å². The van der Waals surface area contributed by atoms with Gasteiger partial charge < -0.3 is 8.83 Å². The van der Waals surface area contributed by atoms with E-state index in [4.69, 9.17) is 8.83 Å². The highest BCUT2D eigenvalue weighted by Gasteiger charge is 2.17. The van der Waals surface area contributed by atoms with Crippen LogP contribution in [0.15, 0.2) is 57.8 Å². The summed E-state index contributed by atoms with van der Waals surface area (Å²) in [6.45, 7) is 0. The summed E-state index contributed by atoms with van der Waals surface area (Å²) >= 11 is 1.20. The van der Waals surface area contributed by atoms with Crippen LogP contribution < -0.4 is 0 Å². The minimum absolute atomic E-state index is 0.768. The van der Waals surface area contributed by atoms with E-state index in [1.807, 2.05) is 36.4 Å². The van der Waals surface area contributed by atoms with Gasteiger partial charge in [0.15, 0.2) is 0 Å². The van der Waals surface area contributed by atoms with Crippen molar-refractivity contribution in [2.75, 3.05) is 0 Å². The summed E-state index contributed by atoms with van der Waals surface area (Å²) in [7, 11) is 0. The molecule has 4 rings (SSSR count). The summed E-state index contributed by atoms with van der Waals surface area (Å²) in [5, 5.41) is 0. The quantitative estimate of drug-likeness (QED) is 0.546. The molecule has 92 valence electrons. The van der Waals surface area contributed by atoms with Gasteiger partial charge >= 0.3 is 0 Å². The predicted octanol–water partition coefficient (Wildman–Crippen LogP) is 4.21. The van der Waals surface area contributed by atoms with Gasteiger partial charge in [-0.1, -0.05) is 0 Å². The first-order chi connectivity index (χ1) is 9.43. The number of aromatic nitrogens is 2. The lowest BCUT2D eigenvalue weighted by Gasteiger charge is -2.05. The van der Waals surface area contributed by atoms with Crippen LogP contribution >= 0.6 is 11.7 Å². The normalized spacial score (nSPS) is 11.2. The van der Waals surface area contributed by atoms with Gasteiger partial charge in [-0.2, -0.15) is 8.75 Å². The SMILES string of the molecule is c1coc(-c2ccc3nsnc3c2-c2ccco2)c1. The van der Waals surface area contributed by atoms with Crippen LogP contribution in [-0.2, 0) is 0 Å². The Balaban J connectivity index is 2.11. The van der Waals surface area contributed by atoms with Crippen molar-refractivity contribution in [1.82, 2.24) is 8.75 Å². The Bertz CT molecular complexity index is 817. The minimum atomic E-state index is 0.768. The molecule has 0 N–H and O–H groups in total. The summed E-state index contributed by atoms with van der Waals surface area (Å²) in [6, 6.07) is 11.5. The molecule has 19 heavy (non-hydrogen) atoms. The van der Waals surface area contributed by atoms with Crippen molar-refractivity contribution in [3.63, 3.8) is 0 Å². The van der Waals surface area contributed by atoms with Crippen molar-refractivity contribution in [3.8, 4) is 22.6 Å². The smallest absolute Gasteiger partial charge is 0.136 e. The van der Waals surface area contributed by atoms with Crippen molar-refractivity contribution < 1.29 is 8.83 Å². The highest BCUT2D eigenvalue weighted by atomic mass is 32.1. The molecule has 0 aliphatic heterocycles. The maximum absolute atomic E-state index is 5.53. The second-order valence-corrected chi connectivity index (χ2v) is 4.60. The molecule has 4 nitrogen and oxygen atoms in total. The largest absolute Gasteiger partial charge is 0.464 e. The third-order valence-corrected chi connectivity index (χ3v) is 3.52. The van der Waals surface area contributed by atoms with Gasteiger partial charge in [0.25, 0.3) is 0 Å². The molecule has 0 saturated carbocycles.